The molecule has 0 heterocycles. The summed E-state index contributed by atoms with van der Waals surface area (Å²) < 4.78 is 0. The van der Waals surface area contributed by atoms with E-state index >= 15 is 0 Å². The number of benzene rings is 1. The summed E-state index contributed by atoms with van der Waals surface area (Å²) in [5.41, 5.74) is 0.499. The smallest absolute Gasteiger partial charge is 0.247 e. The van der Waals surface area contributed by atoms with Gasteiger partial charge in [-0.2, -0.15) is 0 Å². The number of halogens is 2. The third-order valence-corrected chi connectivity index (χ3v) is 2.87. The Morgan fingerprint density at radius 3 is 2.05 bits per heavy atom. The van der Waals surface area contributed by atoms with Crippen molar-refractivity contribution in [2.45, 2.75) is 26.8 Å². The third kappa shape index (κ3) is 5.09. The van der Waals surface area contributed by atoms with Crippen LogP contribution in [0.3, 0.4) is 0 Å². The first-order chi connectivity index (χ1) is 8.79. The molecule has 0 spiro atoms. The zero-order chi connectivity index (χ0) is 14.6. The zero-order valence-electron chi connectivity index (χ0n) is 11.0. The van der Waals surface area contributed by atoms with Crippen molar-refractivity contribution < 1.29 is 9.59 Å². The van der Waals surface area contributed by atoms with E-state index in [4.69, 9.17) is 23.2 Å². The fourth-order valence-electron chi connectivity index (χ4n) is 1.60. The molecule has 0 aliphatic rings. The highest BCUT2D eigenvalue weighted by molar-refractivity contribution is 6.35. The van der Waals surface area contributed by atoms with Gasteiger partial charge in [-0.3, -0.25) is 9.59 Å². The third-order valence-electron chi connectivity index (χ3n) is 2.44. The van der Waals surface area contributed by atoms with Crippen molar-refractivity contribution in [3.63, 3.8) is 0 Å². The lowest BCUT2D eigenvalue weighted by Gasteiger charge is -2.21. The number of amides is 2. The molecule has 104 valence electrons. The molecule has 1 atom stereocenters. The fourth-order valence-corrected chi connectivity index (χ4v) is 2.13. The van der Waals surface area contributed by atoms with Crippen LogP contribution in [0.25, 0.3) is 0 Å². The predicted octanol–water partition coefficient (Wildman–Crippen LogP) is 3.09. The molecular formula is C13H16Cl2N2O2. The van der Waals surface area contributed by atoms with Crippen molar-refractivity contribution in [2.75, 3.05) is 5.32 Å². The van der Waals surface area contributed by atoms with E-state index in [1.807, 2.05) is 13.8 Å². The van der Waals surface area contributed by atoms with Gasteiger partial charge in [0.05, 0.1) is 0 Å². The van der Waals surface area contributed by atoms with E-state index in [0.29, 0.717) is 15.7 Å². The minimum absolute atomic E-state index is 0.0291. The zero-order valence-corrected chi connectivity index (χ0v) is 12.5. The second-order valence-corrected chi connectivity index (χ2v) is 5.44. The highest BCUT2D eigenvalue weighted by atomic mass is 35.5. The molecule has 1 aromatic rings. The van der Waals surface area contributed by atoms with Crippen molar-refractivity contribution in [2.24, 2.45) is 5.92 Å². The second kappa shape index (κ2) is 6.78. The van der Waals surface area contributed by atoms with Gasteiger partial charge in [0.1, 0.15) is 6.04 Å². The Bertz CT molecular complexity index is 469. The van der Waals surface area contributed by atoms with Gasteiger partial charge < -0.3 is 10.6 Å². The minimum Gasteiger partial charge on any atom is -0.344 e. The molecule has 2 amide bonds. The Morgan fingerprint density at radius 1 is 1.11 bits per heavy atom. The molecule has 0 unspecified atom stereocenters. The first kappa shape index (κ1) is 15.8. The molecule has 6 heteroatoms. The van der Waals surface area contributed by atoms with Gasteiger partial charge in [-0.05, 0) is 24.1 Å². The molecule has 1 rings (SSSR count). The Morgan fingerprint density at radius 2 is 1.63 bits per heavy atom. The molecule has 0 aliphatic carbocycles. The van der Waals surface area contributed by atoms with Crippen molar-refractivity contribution in [1.82, 2.24) is 5.32 Å². The lowest BCUT2D eigenvalue weighted by atomic mass is 10.0. The number of hydrogen-bond donors (Lipinski definition) is 2. The average Bonchev–Trinajstić information content (AvgIpc) is 2.23. The summed E-state index contributed by atoms with van der Waals surface area (Å²) in [4.78, 5) is 23.2. The van der Waals surface area contributed by atoms with Gasteiger partial charge in [-0.15, -0.1) is 0 Å². The molecule has 4 nitrogen and oxygen atoms in total. The van der Waals surface area contributed by atoms with E-state index < -0.39 is 6.04 Å². The molecule has 2 N–H and O–H groups in total. The highest BCUT2D eigenvalue weighted by Gasteiger charge is 2.23. The van der Waals surface area contributed by atoms with Crippen LogP contribution < -0.4 is 10.6 Å². The minimum atomic E-state index is -0.602. The first-order valence-corrected chi connectivity index (χ1v) is 6.59. The number of rotatable bonds is 4. The summed E-state index contributed by atoms with van der Waals surface area (Å²) in [5, 5.41) is 6.17. The second-order valence-electron chi connectivity index (χ2n) is 4.57. The van der Waals surface area contributed by atoms with Crippen LogP contribution in [-0.4, -0.2) is 17.9 Å². The number of anilines is 1. The van der Waals surface area contributed by atoms with Gasteiger partial charge in [0.2, 0.25) is 11.8 Å². The van der Waals surface area contributed by atoms with Crippen molar-refractivity contribution in [3.05, 3.63) is 28.2 Å². The van der Waals surface area contributed by atoms with Gasteiger partial charge >= 0.3 is 0 Å². The van der Waals surface area contributed by atoms with Crippen LogP contribution in [-0.2, 0) is 9.59 Å². The number of hydrogen-bond acceptors (Lipinski definition) is 2. The summed E-state index contributed by atoms with van der Waals surface area (Å²) in [7, 11) is 0. The van der Waals surface area contributed by atoms with Crippen molar-refractivity contribution in [3.8, 4) is 0 Å². The van der Waals surface area contributed by atoms with E-state index in [0.717, 1.165) is 0 Å². The van der Waals surface area contributed by atoms with E-state index in [2.05, 4.69) is 10.6 Å². The molecule has 0 aromatic heterocycles. The monoisotopic (exact) mass is 302 g/mol. The standard InChI is InChI=1S/C13H16Cl2N2O2/c1-7(2)12(16-8(3)18)13(19)17-11-5-9(14)4-10(15)6-11/h4-7,12H,1-3H3,(H,16,18)(H,17,19)/t12-/m0/s1. The van der Waals surface area contributed by atoms with Gasteiger partial charge in [0, 0.05) is 22.7 Å². The maximum atomic E-state index is 12.1. The largest absolute Gasteiger partial charge is 0.344 e. The number of nitrogens with one attached hydrogen (secondary N) is 2. The molecule has 0 radical (unpaired) electrons. The Labute approximate surface area is 122 Å². The SMILES string of the molecule is CC(=O)N[C@H](C(=O)Nc1cc(Cl)cc(Cl)c1)C(C)C. The molecule has 0 saturated heterocycles. The van der Waals surface area contributed by atoms with Crippen LogP contribution in [0.4, 0.5) is 5.69 Å². The molecule has 0 fully saturated rings. The van der Waals surface area contributed by atoms with E-state index in [-0.39, 0.29) is 17.7 Å². The summed E-state index contributed by atoms with van der Waals surface area (Å²) in [5.74, 6) is -0.583. The van der Waals surface area contributed by atoms with Gasteiger partial charge in [-0.1, -0.05) is 37.0 Å². The van der Waals surface area contributed by atoms with Gasteiger partial charge in [0.15, 0.2) is 0 Å². The molecular weight excluding hydrogens is 287 g/mol. The van der Waals surface area contributed by atoms with E-state index in [1.54, 1.807) is 18.2 Å². The lowest BCUT2D eigenvalue weighted by molar-refractivity contribution is -0.126. The number of carbonyl (C=O) groups is 2. The maximum absolute atomic E-state index is 12.1. The summed E-state index contributed by atoms with van der Waals surface area (Å²) >= 11 is 11.7. The average molecular weight is 303 g/mol. The van der Waals surface area contributed by atoms with E-state index in [9.17, 15) is 9.59 Å². The fraction of sp³-hybridized carbons (Fsp3) is 0.385. The van der Waals surface area contributed by atoms with Gasteiger partial charge in [0.25, 0.3) is 0 Å². The van der Waals surface area contributed by atoms with Crippen LogP contribution in [0.1, 0.15) is 20.8 Å². The quantitative estimate of drug-likeness (QED) is 0.898. The van der Waals surface area contributed by atoms with Gasteiger partial charge in [-0.25, -0.2) is 0 Å². The Hall–Kier alpha value is -1.26. The van der Waals surface area contributed by atoms with Crippen LogP contribution in [0.15, 0.2) is 18.2 Å². The number of carbonyl (C=O) groups excluding carboxylic acids is 2. The highest BCUT2D eigenvalue weighted by Crippen LogP contribution is 2.22. The summed E-state index contributed by atoms with van der Waals surface area (Å²) in [6, 6.07) is 4.16. The van der Waals surface area contributed by atoms with Crippen molar-refractivity contribution >= 4 is 40.7 Å². The maximum Gasteiger partial charge on any atom is 0.247 e. The van der Waals surface area contributed by atoms with E-state index in [1.165, 1.54) is 6.92 Å². The lowest BCUT2D eigenvalue weighted by Crippen LogP contribution is -2.46. The van der Waals surface area contributed by atoms with Crippen molar-refractivity contribution in [1.29, 1.82) is 0 Å². The van der Waals surface area contributed by atoms with Crippen LogP contribution in [0.5, 0.6) is 0 Å². The van der Waals surface area contributed by atoms with Crippen LogP contribution in [0, 0.1) is 5.92 Å². The summed E-state index contributed by atoms with van der Waals surface area (Å²) in [6.45, 7) is 5.08. The molecule has 19 heavy (non-hydrogen) atoms. The Balaban J connectivity index is 2.83. The summed E-state index contributed by atoms with van der Waals surface area (Å²) in [6.07, 6.45) is 0. The molecule has 0 bridgehead atoms. The topological polar surface area (TPSA) is 58.2 Å². The predicted molar refractivity (Wildman–Crippen MR) is 77.5 cm³/mol. The molecule has 1 aromatic carbocycles. The Kier molecular flexibility index (Phi) is 5.63. The molecule has 0 saturated carbocycles. The van der Waals surface area contributed by atoms with Crippen LogP contribution >= 0.6 is 23.2 Å². The molecule has 0 aliphatic heterocycles. The normalized spacial score (nSPS) is 12.1. The van der Waals surface area contributed by atoms with Crippen LogP contribution in [0.2, 0.25) is 10.0 Å². The first-order valence-electron chi connectivity index (χ1n) is 5.83.